The van der Waals surface area contributed by atoms with Gasteiger partial charge in [-0.2, -0.15) is 0 Å². The SMILES string of the molecule is O=C(NCCNC(=O)C(Cc1ccc(Cl)c(Cl)c1)=NO)C(Cc1ccc(Cl)c(Cl)c1)=NO. The first-order chi connectivity index (χ1) is 15.2. The largest absolute Gasteiger partial charge is 0.410 e. The Bertz CT molecular complexity index is 976. The number of benzene rings is 2. The van der Waals surface area contributed by atoms with Crippen molar-refractivity contribution in [1.82, 2.24) is 10.6 Å². The fourth-order valence-corrected chi connectivity index (χ4v) is 3.21. The summed E-state index contributed by atoms with van der Waals surface area (Å²) in [6.45, 7) is 0.0763. The second-order valence-electron chi connectivity index (χ2n) is 6.46. The Morgan fingerprint density at radius 2 is 1.06 bits per heavy atom. The third kappa shape index (κ3) is 7.56. The van der Waals surface area contributed by atoms with Gasteiger partial charge in [-0.3, -0.25) is 9.59 Å². The van der Waals surface area contributed by atoms with Crippen molar-refractivity contribution >= 4 is 69.6 Å². The molecule has 0 unspecified atom stereocenters. The number of nitrogens with one attached hydrogen (secondary N) is 2. The molecule has 170 valence electrons. The highest BCUT2D eigenvalue weighted by molar-refractivity contribution is 6.43. The lowest BCUT2D eigenvalue weighted by Crippen LogP contribution is -2.40. The zero-order valence-corrected chi connectivity index (χ0v) is 19.4. The summed E-state index contributed by atoms with van der Waals surface area (Å²) in [5.41, 5.74) is 0.961. The second-order valence-corrected chi connectivity index (χ2v) is 8.08. The lowest BCUT2D eigenvalue weighted by atomic mass is 10.1. The highest BCUT2D eigenvalue weighted by Crippen LogP contribution is 2.23. The first-order valence-electron chi connectivity index (χ1n) is 9.11. The Kier molecular flexibility index (Phi) is 10.1. The Hall–Kier alpha value is -2.52. The maximum absolute atomic E-state index is 12.2. The Balaban J connectivity index is 1.82. The molecule has 0 aromatic heterocycles. The molecule has 0 aliphatic rings. The Labute approximate surface area is 203 Å². The van der Waals surface area contributed by atoms with E-state index < -0.39 is 11.8 Å². The highest BCUT2D eigenvalue weighted by Gasteiger charge is 2.16. The minimum absolute atomic E-state index is 0.0244. The van der Waals surface area contributed by atoms with Crippen LogP contribution in [0.2, 0.25) is 20.1 Å². The third-order valence-corrected chi connectivity index (χ3v) is 5.65. The predicted octanol–water partition coefficient (Wildman–Crippen LogP) is 3.98. The van der Waals surface area contributed by atoms with Crippen LogP contribution in [0.3, 0.4) is 0 Å². The number of halogens is 4. The maximum Gasteiger partial charge on any atom is 0.269 e. The van der Waals surface area contributed by atoms with Crippen molar-refractivity contribution in [2.45, 2.75) is 12.8 Å². The summed E-state index contributed by atoms with van der Waals surface area (Å²) in [5.74, 6) is -1.25. The smallest absolute Gasteiger partial charge is 0.269 e. The molecule has 0 fully saturated rings. The van der Waals surface area contributed by atoms with Crippen molar-refractivity contribution in [3.05, 3.63) is 67.6 Å². The third-order valence-electron chi connectivity index (χ3n) is 4.17. The van der Waals surface area contributed by atoms with Gasteiger partial charge in [-0.05, 0) is 35.4 Å². The molecule has 8 nitrogen and oxygen atoms in total. The number of hydrogen-bond acceptors (Lipinski definition) is 6. The van der Waals surface area contributed by atoms with Gasteiger partial charge >= 0.3 is 0 Å². The van der Waals surface area contributed by atoms with Gasteiger partial charge in [0.1, 0.15) is 11.4 Å². The standard InChI is InChI=1S/C20H18Cl4N4O4/c21-13-3-1-11(7-15(13)23)9-17(27-31)19(29)25-5-6-26-20(30)18(28-32)10-12-2-4-14(22)16(24)8-12/h1-4,7-8,31-32H,5-6,9-10H2,(H,25,29)(H,26,30). The number of amides is 2. The first-order valence-corrected chi connectivity index (χ1v) is 10.6. The topological polar surface area (TPSA) is 123 Å². The summed E-state index contributed by atoms with van der Waals surface area (Å²) < 4.78 is 0. The van der Waals surface area contributed by atoms with Crippen LogP contribution in [0.1, 0.15) is 11.1 Å². The van der Waals surface area contributed by atoms with Crippen LogP contribution >= 0.6 is 46.4 Å². The van der Waals surface area contributed by atoms with Crippen molar-refractivity contribution in [3.63, 3.8) is 0 Å². The summed E-state index contributed by atoms with van der Waals surface area (Å²) in [6, 6.07) is 9.56. The van der Waals surface area contributed by atoms with Crippen LogP contribution in [0.5, 0.6) is 0 Å². The minimum atomic E-state index is -0.625. The van der Waals surface area contributed by atoms with Crippen LogP contribution in [0.15, 0.2) is 46.7 Å². The number of oxime groups is 2. The molecule has 0 saturated carbocycles. The van der Waals surface area contributed by atoms with Crippen molar-refractivity contribution in [3.8, 4) is 0 Å². The van der Waals surface area contributed by atoms with Crippen LogP contribution in [0.25, 0.3) is 0 Å². The molecular formula is C20H18Cl4N4O4. The van der Waals surface area contributed by atoms with Gasteiger partial charge in [0.15, 0.2) is 0 Å². The molecule has 0 aliphatic carbocycles. The van der Waals surface area contributed by atoms with E-state index >= 15 is 0 Å². The van der Waals surface area contributed by atoms with Gasteiger partial charge in [-0.1, -0.05) is 68.8 Å². The summed E-state index contributed by atoms with van der Waals surface area (Å²) in [7, 11) is 0. The van der Waals surface area contributed by atoms with E-state index in [4.69, 9.17) is 56.8 Å². The molecule has 0 aliphatic heterocycles. The second kappa shape index (κ2) is 12.5. The van der Waals surface area contributed by atoms with E-state index in [0.717, 1.165) is 0 Å². The summed E-state index contributed by atoms with van der Waals surface area (Å²) in [6.07, 6.45) is 0.0487. The fourth-order valence-electron chi connectivity index (χ4n) is 2.56. The minimum Gasteiger partial charge on any atom is -0.410 e. The Morgan fingerprint density at radius 3 is 1.38 bits per heavy atom. The molecule has 2 aromatic carbocycles. The Morgan fingerprint density at radius 1 is 0.688 bits per heavy atom. The summed E-state index contributed by atoms with van der Waals surface area (Å²) >= 11 is 23.6. The van der Waals surface area contributed by atoms with E-state index in [-0.39, 0.29) is 37.4 Å². The van der Waals surface area contributed by atoms with Crippen molar-refractivity contribution in [2.24, 2.45) is 10.3 Å². The lowest BCUT2D eigenvalue weighted by molar-refractivity contribution is -0.116. The number of nitrogens with zero attached hydrogens (tertiary/aromatic N) is 2. The molecule has 0 bridgehead atoms. The normalized spacial score (nSPS) is 11.9. The number of carbonyl (C=O) groups excluding carboxylic acids is 2. The summed E-state index contributed by atoms with van der Waals surface area (Å²) in [5, 5.41) is 30.7. The maximum atomic E-state index is 12.2. The number of rotatable bonds is 9. The van der Waals surface area contributed by atoms with Gasteiger partial charge in [0, 0.05) is 25.9 Å². The molecule has 4 N–H and O–H groups in total. The van der Waals surface area contributed by atoms with Crippen LogP contribution < -0.4 is 10.6 Å². The van der Waals surface area contributed by atoms with Crippen molar-refractivity contribution in [1.29, 1.82) is 0 Å². The lowest BCUT2D eigenvalue weighted by Gasteiger charge is -2.10. The molecule has 0 spiro atoms. The van der Waals surface area contributed by atoms with Gasteiger partial charge in [0.25, 0.3) is 11.8 Å². The van der Waals surface area contributed by atoms with Gasteiger partial charge in [0.2, 0.25) is 0 Å². The molecular weight excluding hydrogens is 502 g/mol. The number of carbonyl (C=O) groups is 2. The van der Waals surface area contributed by atoms with Crippen LogP contribution in [0, 0.1) is 0 Å². The van der Waals surface area contributed by atoms with Crippen molar-refractivity contribution < 1.29 is 20.0 Å². The van der Waals surface area contributed by atoms with Gasteiger partial charge in [0.05, 0.1) is 20.1 Å². The van der Waals surface area contributed by atoms with E-state index in [0.29, 0.717) is 31.2 Å². The molecule has 0 atom stereocenters. The molecule has 2 amide bonds. The average Bonchev–Trinajstić information content (AvgIpc) is 2.77. The first kappa shape index (κ1) is 25.7. The van der Waals surface area contributed by atoms with E-state index in [1.54, 1.807) is 36.4 Å². The van der Waals surface area contributed by atoms with E-state index in [2.05, 4.69) is 20.9 Å². The van der Waals surface area contributed by atoms with E-state index in [1.807, 2.05) is 0 Å². The average molecular weight is 520 g/mol. The quantitative estimate of drug-likeness (QED) is 0.173. The zero-order valence-electron chi connectivity index (χ0n) is 16.4. The predicted molar refractivity (Wildman–Crippen MR) is 125 cm³/mol. The van der Waals surface area contributed by atoms with Crippen LogP contribution in [-0.2, 0) is 22.4 Å². The van der Waals surface area contributed by atoms with E-state index in [9.17, 15) is 9.59 Å². The molecule has 2 rings (SSSR count). The van der Waals surface area contributed by atoms with Crippen LogP contribution in [0.4, 0.5) is 0 Å². The molecule has 0 heterocycles. The molecule has 32 heavy (non-hydrogen) atoms. The molecule has 2 aromatic rings. The molecule has 0 radical (unpaired) electrons. The number of hydrogen-bond donors (Lipinski definition) is 4. The highest BCUT2D eigenvalue weighted by atomic mass is 35.5. The van der Waals surface area contributed by atoms with Gasteiger partial charge < -0.3 is 21.0 Å². The van der Waals surface area contributed by atoms with E-state index in [1.165, 1.54) is 0 Å². The molecule has 0 saturated heterocycles. The summed E-state index contributed by atoms with van der Waals surface area (Å²) in [4.78, 5) is 24.4. The van der Waals surface area contributed by atoms with Crippen LogP contribution in [-0.4, -0.2) is 46.7 Å². The molecule has 12 heteroatoms. The van der Waals surface area contributed by atoms with Gasteiger partial charge in [-0.15, -0.1) is 0 Å². The fraction of sp³-hybridized carbons (Fsp3) is 0.200. The monoisotopic (exact) mass is 518 g/mol. The van der Waals surface area contributed by atoms with Crippen molar-refractivity contribution in [2.75, 3.05) is 13.1 Å². The van der Waals surface area contributed by atoms with Gasteiger partial charge in [-0.25, -0.2) is 0 Å². The zero-order chi connectivity index (χ0) is 23.7.